The molecule has 1 atom stereocenters. The van der Waals surface area contributed by atoms with Gasteiger partial charge >= 0.3 is 5.97 Å². The number of carbonyl (C=O) groups excluding carboxylic acids is 3. The quantitative estimate of drug-likeness (QED) is 0.205. The number of nitrogens with one attached hydrogen (secondary N) is 1. The number of amides is 1. The van der Waals surface area contributed by atoms with Crippen molar-refractivity contribution in [2.75, 3.05) is 5.32 Å². The lowest BCUT2D eigenvalue weighted by Gasteiger charge is -2.15. The maximum Gasteiger partial charge on any atom is 0.339 e. The highest BCUT2D eigenvalue weighted by Crippen LogP contribution is 2.27. The summed E-state index contributed by atoms with van der Waals surface area (Å²) in [6.45, 7) is 1.29. The second kappa shape index (κ2) is 10.5. The molecule has 1 N–H and O–H groups in total. The molecular formula is C23H16ClN3O8. The number of nitro benzene ring substituents is 2. The third kappa shape index (κ3) is 5.84. The number of hydrogen-bond donors (Lipinski definition) is 1. The SMILES string of the molecule is CC(OC(=O)c1ccccc1C(=O)c1ccc(Cl)c([N+](=O)[O-])c1)C(=O)Nc1cccc([N+](=O)[O-])c1. The van der Waals surface area contributed by atoms with Gasteiger partial charge in [0.2, 0.25) is 0 Å². The predicted molar refractivity (Wildman–Crippen MR) is 125 cm³/mol. The summed E-state index contributed by atoms with van der Waals surface area (Å²) in [5.74, 6) is -2.43. The van der Waals surface area contributed by atoms with E-state index in [9.17, 15) is 34.6 Å². The maximum atomic E-state index is 13.0. The van der Waals surface area contributed by atoms with Crippen molar-refractivity contribution in [3.05, 3.63) is 109 Å². The largest absolute Gasteiger partial charge is 0.449 e. The molecule has 0 heterocycles. The summed E-state index contributed by atoms with van der Waals surface area (Å²) in [5, 5.41) is 24.3. The van der Waals surface area contributed by atoms with Gasteiger partial charge < -0.3 is 10.1 Å². The number of carbonyl (C=O) groups is 3. The minimum absolute atomic E-state index is 0.0715. The van der Waals surface area contributed by atoms with Crippen LogP contribution in [-0.2, 0) is 9.53 Å². The van der Waals surface area contributed by atoms with Gasteiger partial charge in [0.25, 0.3) is 17.3 Å². The Hall–Kier alpha value is -4.64. The normalized spacial score (nSPS) is 11.3. The first-order valence-corrected chi connectivity index (χ1v) is 10.3. The van der Waals surface area contributed by atoms with E-state index in [0.29, 0.717) is 0 Å². The highest BCUT2D eigenvalue weighted by Gasteiger charge is 2.25. The van der Waals surface area contributed by atoms with Crippen molar-refractivity contribution in [1.29, 1.82) is 0 Å². The van der Waals surface area contributed by atoms with Crippen LogP contribution in [-0.4, -0.2) is 33.6 Å². The summed E-state index contributed by atoms with van der Waals surface area (Å²) in [5.41, 5.74) is -0.901. The molecular weight excluding hydrogens is 482 g/mol. The van der Waals surface area contributed by atoms with Gasteiger partial charge in [-0.15, -0.1) is 0 Å². The molecule has 1 amide bonds. The van der Waals surface area contributed by atoms with Gasteiger partial charge in [0.15, 0.2) is 11.9 Å². The monoisotopic (exact) mass is 497 g/mol. The first-order chi connectivity index (χ1) is 16.6. The molecule has 0 radical (unpaired) electrons. The Morgan fingerprint density at radius 2 is 1.60 bits per heavy atom. The fourth-order valence-electron chi connectivity index (χ4n) is 3.03. The van der Waals surface area contributed by atoms with Gasteiger partial charge in [-0.2, -0.15) is 0 Å². The van der Waals surface area contributed by atoms with E-state index in [-0.39, 0.29) is 33.1 Å². The topological polar surface area (TPSA) is 159 Å². The molecule has 12 heteroatoms. The molecule has 3 rings (SSSR count). The summed E-state index contributed by atoms with van der Waals surface area (Å²) in [4.78, 5) is 58.9. The molecule has 35 heavy (non-hydrogen) atoms. The summed E-state index contributed by atoms with van der Waals surface area (Å²) >= 11 is 5.79. The first kappa shape index (κ1) is 25.0. The van der Waals surface area contributed by atoms with Gasteiger partial charge in [0.1, 0.15) is 5.02 Å². The van der Waals surface area contributed by atoms with Crippen LogP contribution in [0.25, 0.3) is 0 Å². The highest BCUT2D eigenvalue weighted by molar-refractivity contribution is 6.33. The number of ether oxygens (including phenoxy) is 1. The smallest absolute Gasteiger partial charge is 0.339 e. The fraction of sp³-hybridized carbons (Fsp3) is 0.0870. The molecule has 1 unspecified atom stereocenters. The van der Waals surface area contributed by atoms with Crippen molar-refractivity contribution in [3.8, 4) is 0 Å². The van der Waals surface area contributed by atoms with Crippen molar-refractivity contribution in [2.45, 2.75) is 13.0 Å². The van der Waals surface area contributed by atoms with Crippen molar-refractivity contribution < 1.29 is 29.0 Å². The zero-order chi connectivity index (χ0) is 25.7. The predicted octanol–water partition coefficient (Wildman–Crippen LogP) is 4.57. The van der Waals surface area contributed by atoms with E-state index in [2.05, 4.69) is 5.32 Å². The van der Waals surface area contributed by atoms with Crippen molar-refractivity contribution in [3.63, 3.8) is 0 Å². The number of non-ortho nitro benzene ring substituents is 1. The van der Waals surface area contributed by atoms with Crippen LogP contribution < -0.4 is 5.32 Å². The van der Waals surface area contributed by atoms with E-state index in [4.69, 9.17) is 16.3 Å². The van der Waals surface area contributed by atoms with Crippen molar-refractivity contribution in [1.82, 2.24) is 0 Å². The highest BCUT2D eigenvalue weighted by atomic mass is 35.5. The number of nitro groups is 2. The third-order valence-electron chi connectivity index (χ3n) is 4.77. The Bertz CT molecular complexity index is 1360. The number of nitrogens with zero attached hydrogens (tertiary/aromatic N) is 2. The third-order valence-corrected chi connectivity index (χ3v) is 5.09. The van der Waals surface area contributed by atoms with Crippen molar-refractivity contribution >= 4 is 46.3 Å². The van der Waals surface area contributed by atoms with Gasteiger partial charge in [-0.1, -0.05) is 35.9 Å². The maximum absolute atomic E-state index is 13.0. The average molecular weight is 498 g/mol. The van der Waals surface area contributed by atoms with E-state index in [1.54, 1.807) is 0 Å². The molecule has 0 spiro atoms. The van der Waals surface area contributed by atoms with Crippen LogP contribution in [0.5, 0.6) is 0 Å². The van der Waals surface area contributed by atoms with Crippen LogP contribution in [0.2, 0.25) is 5.02 Å². The number of benzene rings is 3. The zero-order valence-corrected chi connectivity index (χ0v) is 18.7. The van der Waals surface area contributed by atoms with Crippen LogP contribution in [0.3, 0.4) is 0 Å². The van der Waals surface area contributed by atoms with Gasteiger partial charge in [-0.25, -0.2) is 4.79 Å². The van der Waals surface area contributed by atoms with Crippen LogP contribution in [0.4, 0.5) is 17.1 Å². The number of ketones is 1. The number of esters is 1. The molecule has 3 aromatic carbocycles. The molecule has 0 saturated heterocycles. The molecule has 0 saturated carbocycles. The number of rotatable bonds is 8. The molecule has 178 valence electrons. The van der Waals surface area contributed by atoms with Crippen LogP contribution in [0.15, 0.2) is 66.7 Å². The molecule has 0 aliphatic rings. The Balaban J connectivity index is 1.78. The van der Waals surface area contributed by atoms with E-state index in [1.165, 1.54) is 61.5 Å². The van der Waals surface area contributed by atoms with E-state index in [0.717, 1.165) is 12.1 Å². The minimum Gasteiger partial charge on any atom is -0.449 e. The molecule has 0 bridgehead atoms. The first-order valence-electron chi connectivity index (χ1n) is 9.92. The van der Waals surface area contributed by atoms with E-state index < -0.39 is 39.3 Å². The molecule has 0 fully saturated rings. The fourth-order valence-corrected chi connectivity index (χ4v) is 3.21. The van der Waals surface area contributed by atoms with Gasteiger partial charge in [-0.3, -0.25) is 29.8 Å². The zero-order valence-electron chi connectivity index (χ0n) is 18.0. The minimum atomic E-state index is -1.32. The summed E-state index contributed by atoms with van der Waals surface area (Å²) in [7, 11) is 0. The van der Waals surface area contributed by atoms with E-state index in [1.807, 2.05) is 0 Å². The van der Waals surface area contributed by atoms with Gasteiger partial charge in [0, 0.05) is 35.0 Å². The van der Waals surface area contributed by atoms with Crippen LogP contribution in [0.1, 0.15) is 33.2 Å². The average Bonchev–Trinajstić information content (AvgIpc) is 2.83. The van der Waals surface area contributed by atoms with Gasteiger partial charge in [0.05, 0.1) is 15.4 Å². The molecule has 0 aromatic heterocycles. The van der Waals surface area contributed by atoms with Crippen LogP contribution >= 0.6 is 11.6 Å². The summed E-state index contributed by atoms with van der Waals surface area (Å²) < 4.78 is 5.19. The van der Waals surface area contributed by atoms with Crippen molar-refractivity contribution in [2.24, 2.45) is 0 Å². The Morgan fingerprint density at radius 1 is 0.914 bits per heavy atom. The van der Waals surface area contributed by atoms with Gasteiger partial charge in [-0.05, 0) is 31.2 Å². The van der Waals surface area contributed by atoms with Crippen LogP contribution in [0, 0.1) is 20.2 Å². The Morgan fingerprint density at radius 3 is 2.26 bits per heavy atom. The number of halogens is 1. The standard InChI is InChI=1S/C23H16ClN3O8/c1-13(22(29)25-15-5-4-6-16(12-15)26(31)32)35-23(30)18-8-3-2-7-17(18)21(28)14-9-10-19(24)20(11-14)27(33)34/h2-13H,1H3,(H,25,29). The van der Waals surface area contributed by atoms with E-state index >= 15 is 0 Å². The summed E-state index contributed by atoms with van der Waals surface area (Å²) in [6, 6.07) is 14.3. The lowest BCUT2D eigenvalue weighted by atomic mass is 9.98. The number of hydrogen-bond acceptors (Lipinski definition) is 8. The lowest BCUT2D eigenvalue weighted by Crippen LogP contribution is -2.30. The lowest BCUT2D eigenvalue weighted by molar-refractivity contribution is -0.384. The number of anilines is 1. The molecule has 3 aromatic rings. The molecule has 0 aliphatic carbocycles. The summed E-state index contributed by atoms with van der Waals surface area (Å²) in [6.07, 6.45) is -1.32. The molecule has 11 nitrogen and oxygen atoms in total. The Labute approximate surface area is 202 Å². The molecule has 0 aliphatic heterocycles. The Kier molecular flexibility index (Phi) is 7.52. The second-order valence-corrected chi connectivity index (χ2v) is 7.55. The second-order valence-electron chi connectivity index (χ2n) is 7.14.